The number of benzene rings is 1. The summed E-state index contributed by atoms with van der Waals surface area (Å²) in [5.41, 5.74) is 8.97. The maximum atomic E-state index is 11.6. The molecule has 1 aromatic heterocycles. The molecule has 0 aliphatic heterocycles. The van der Waals surface area contributed by atoms with Gasteiger partial charge in [-0.3, -0.25) is 0 Å². The molecule has 0 aliphatic carbocycles. The van der Waals surface area contributed by atoms with Crippen molar-refractivity contribution in [3.05, 3.63) is 42.1 Å². The Balaban J connectivity index is 2.48. The predicted molar refractivity (Wildman–Crippen MR) is 71.3 cm³/mol. The lowest BCUT2D eigenvalue weighted by molar-refractivity contribution is 0.0589. The number of ether oxygens (including phenoxy) is 1. The quantitative estimate of drug-likeness (QED) is 0.666. The number of esters is 1. The highest BCUT2D eigenvalue weighted by Gasteiger charge is 2.15. The van der Waals surface area contributed by atoms with Crippen LogP contribution < -0.4 is 5.73 Å². The Kier molecular flexibility index (Phi) is 3.37. The van der Waals surface area contributed by atoms with Crippen molar-refractivity contribution in [2.24, 2.45) is 0 Å². The number of anilines is 1. The largest absolute Gasteiger partial charge is 0.464 e. The van der Waals surface area contributed by atoms with Gasteiger partial charge in [-0.1, -0.05) is 12.1 Å². The summed E-state index contributed by atoms with van der Waals surface area (Å²) in [6.07, 6.45) is 0. The molecule has 4 heteroatoms. The van der Waals surface area contributed by atoms with Crippen molar-refractivity contribution in [1.82, 2.24) is 4.57 Å². The summed E-state index contributed by atoms with van der Waals surface area (Å²) < 4.78 is 6.70. The number of aromatic nitrogens is 1. The van der Waals surface area contributed by atoms with Gasteiger partial charge in [0, 0.05) is 17.9 Å². The van der Waals surface area contributed by atoms with Gasteiger partial charge in [-0.25, -0.2) is 4.79 Å². The van der Waals surface area contributed by atoms with Crippen LogP contribution in [0.1, 0.15) is 17.4 Å². The predicted octanol–water partition coefficient (Wildman–Crippen LogP) is 2.54. The molecule has 0 spiro atoms. The number of rotatable bonds is 3. The minimum atomic E-state index is -0.321. The lowest BCUT2D eigenvalue weighted by atomic mass is 10.1. The smallest absolute Gasteiger partial charge is 0.354 e. The third-order valence-corrected chi connectivity index (χ3v) is 2.90. The first-order chi connectivity index (χ1) is 8.67. The van der Waals surface area contributed by atoms with Crippen LogP contribution in [0.4, 0.5) is 5.69 Å². The lowest BCUT2D eigenvalue weighted by Gasteiger charge is -2.10. The maximum absolute atomic E-state index is 11.6. The molecule has 18 heavy (non-hydrogen) atoms. The van der Waals surface area contributed by atoms with Crippen LogP contribution in [0, 0.1) is 0 Å². The normalized spacial score (nSPS) is 10.3. The number of carbonyl (C=O) groups excluding carboxylic acids is 1. The number of nitrogen functional groups attached to an aromatic ring is 1. The van der Waals surface area contributed by atoms with E-state index in [0.29, 0.717) is 12.2 Å². The Hall–Kier alpha value is -2.23. The van der Waals surface area contributed by atoms with E-state index in [1.807, 2.05) is 41.8 Å². The van der Waals surface area contributed by atoms with E-state index in [9.17, 15) is 4.79 Å². The summed E-state index contributed by atoms with van der Waals surface area (Å²) in [7, 11) is 1.39. The Labute approximate surface area is 106 Å². The molecule has 0 radical (unpaired) electrons. The van der Waals surface area contributed by atoms with Crippen LogP contribution in [-0.2, 0) is 11.3 Å². The van der Waals surface area contributed by atoms with Gasteiger partial charge in [0.15, 0.2) is 0 Å². The fraction of sp³-hybridized carbons (Fsp3) is 0.214. The summed E-state index contributed by atoms with van der Waals surface area (Å²) in [6.45, 7) is 2.70. The molecular formula is C14H16N2O2. The minimum Gasteiger partial charge on any atom is -0.464 e. The van der Waals surface area contributed by atoms with Gasteiger partial charge in [-0.15, -0.1) is 0 Å². The van der Waals surface area contributed by atoms with Crippen molar-refractivity contribution in [3.8, 4) is 11.3 Å². The molecule has 0 amide bonds. The van der Waals surface area contributed by atoms with E-state index in [1.165, 1.54) is 7.11 Å². The minimum absolute atomic E-state index is 0.321. The van der Waals surface area contributed by atoms with Crippen molar-refractivity contribution in [3.63, 3.8) is 0 Å². The summed E-state index contributed by atoms with van der Waals surface area (Å²) in [4.78, 5) is 11.6. The SMILES string of the molecule is CCn1c(C(=O)OC)ccc1-c1ccc(N)cc1. The highest BCUT2D eigenvalue weighted by atomic mass is 16.5. The van der Waals surface area contributed by atoms with Crippen LogP contribution >= 0.6 is 0 Å². The molecule has 4 nitrogen and oxygen atoms in total. The second-order valence-corrected chi connectivity index (χ2v) is 3.96. The molecule has 94 valence electrons. The number of hydrogen-bond donors (Lipinski definition) is 1. The number of nitrogens with two attached hydrogens (primary N) is 1. The molecule has 0 fully saturated rings. The van der Waals surface area contributed by atoms with E-state index in [4.69, 9.17) is 10.5 Å². The van der Waals surface area contributed by atoms with Gasteiger partial charge in [-0.05, 0) is 36.8 Å². The highest BCUT2D eigenvalue weighted by molar-refractivity contribution is 5.89. The van der Waals surface area contributed by atoms with Crippen molar-refractivity contribution in [1.29, 1.82) is 0 Å². The van der Waals surface area contributed by atoms with Crippen LogP contribution in [-0.4, -0.2) is 17.6 Å². The number of methoxy groups -OCH3 is 1. The molecule has 0 saturated carbocycles. The van der Waals surface area contributed by atoms with Crippen LogP contribution in [0.2, 0.25) is 0 Å². The second-order valence-electron chi connectivity index (χ2n) is 3.96. The molecule has 1 heterocycles. The van der Waals surface area contributed by atoms with Crippen molar-refractivity contribution in [2.45, 2.75) is 13.5 Å². The number of hydrogen-bond acceptors (Lipinski definition) is 3. The fourth-order valence-electron chi connectivity index (χ4n) is 2.00. The highest BCUT2D eigenvalue weighted by Crippen LogP contribution is 2.24. The van der Waals surface area contributed by atoms with Crippen LogP contribution in [0.3, 0.4) is 0 Å². The fourth-order valence-corrected chi connectivity index (χ4v) is 2.00. The first-order valence-electron chi connectivity index (χ1n) is 5.81. The molecule has 0 aliphatic rings. The summed E-state index contributed by atoms with van der Waals surface area (Å²) in [5, 5.41) is 0. The van der Waals surface area contributed by atoms with E-state index in [1.54, 1.807) is 6.07 Å². The first-order valence-corrected chi connectivity index (χ1v) is 5.81. The van der Waals surface area contributed by atoms with Crippen LogP contribution in [0.15, 0.2) is 36.4 Å². The second kappa shape index (κ2) is 4.96. The van der Waals surface area contributed by atoms with Gasteiger partial charge < -0.3 is 15.0 Å². The van der Waals surface area contributed by atoms with Gasteiger partial charge in [0.2, 0.25) is 0 Å². The van der Waals surface area contributed by atoms with E-state index >= 15 is 0 Å². The van der Waals surface area contributed by atoms with Crippen molar-refractivity contribution >= 4 is 11.7 Å². The summed E-state index contributed by atoms with van der Waals surface area (Å²) in [6, 6.07) is 11.3. The first kappa shape index (κ1) is 12.2. The van der Waals surface area contributed by atoms with E-state index < -0.39 is 0 Å². The Morgan fingerprint density at radius 2 is 1.89 bits per heavy atom. The zero-order valence-corrected chi connectivity index (χ0v) is 10.5. The van der Waals surface area contributed by atoms with Crippen molar-refractivity contribution in [2.75, 3.05) is 12.8 Å². The molecule has 2 aromatic rings. The zero-order chi connectivity index (χ0) is 13.1. The van der Waals surface area contributed by atoms with Crippen LogP contribution in [0.5, 0.6) is 0 Å². The van der Waals surface area contributed by atoms with E-state index in [2.05, 4.69) is 0 Å². The third kappa shape index (κ3) is 2.09. The Morgan fingerprint density at radius 3 is 2.44 bits per heavy atom. The topological polar surface area (TPSA) is 57.2 Å². The van der Waals surface area contributed by atoms with E-state index in [-0.39, 0.29) is 5.97 Å². The van der Waals surface area contributed by atoms with Gasteiger partial charge in [0.05, 0.1) is 7.11 Å². The molecule has 0 unspecified atom stereocenters. The van der Waals surface area contributed by atoms with Gasteiger partial charge in [0.1, 0.15) is 5.69 Å². The van der Waals surface area contributed by atoms with Gasteiger partial charge in [-0.2, -0.15) is 0 Å². The van der Waals surface area contributed by atoms with Gasteiger partial charge >= 0.3 is 5.97 Å². The number of carbonyl (C=O) groups is 1. The molecule has 2 N–H and O–H groups in total. The summed E-state index contributed by atoms with van der Waals surface area (Å²) >= 11 is 0. The standard InChI is InChI=1S/C14H16N2O2/c1-3-16-12(8-9-13(16)14(17)18-2)10-4-6-11(15)7-5-10/h4-9H,3,15H2,1-2H3. The summed E-state index contributed by atoms with van der Waals surface area (Å²) in [5.74, 6) is -0.321. The monoisotopic (exact) mass is 244 g/mol. The van der Waals surface area contributed by atoms with Crippen molar-refractivity contribution < 1.29 is 9.53 Å². The van der Waals surface area contributed by atoms with Crippen LogP contribution in [0.25, 0.3) is 11.3 Å². The Bertz CT molecular complexity index is 556. The van der Waals surface area contributed by atoms with Gasteiger partial charge in [0.25, 0.3) is 0 Å². The zero-order valence-electron chi connectivity index (χ0n) is 10.5. The molecule has 0 atom stereocenters. The molecule has 2 rings (SSSR count). The molecular weight excluding hydrogens is 228 g/mol. The third-order valence-electron chi connectivity index (χ3n) is 2.90. The molecule has 0 saturated heterocycles. The van der Waals surface area contributed by atoms with E-state index in [0.717, 1.165) is 16.9 Å². The number of nitrogens with zero attached hydrogens (tertiary/aromatic N) is 1. The average Bonchev–Trinajstić information content (AvgIpc) is 2.82. The molecule has 1 aromatic carbocycles. The molecule has 0 bridgehead atoms. The average molecular weight is 244 g/mol. The maximum Gasteiger partial charge on any atom is 0.354 e. The Morgan fingerprint density at radius 1 is 1.22 bits per heavy atom. The lowest BCUT2D eigenvalue weighted by Crippen LogP contribution is -2.10.